The third-order valence-corrected chi connectivity index (χ3v) is 7.51. The number of fused-ring (bicyclic) bond motifs is 1. The van der Waals surface area contributed by atoms with E-state index in [-0.39, 0.29) is 4.90 Å². The van der Waals surface area contributed by atoms with Crippen LogP contribution in [0.3, 0.4) is 0 Å². The van der Waals surface area contributed by atoms with Gasteiger partial charge in [-0.2, -0.15) is 0 Å². The fourth-order valence-electron chi connectivity index (χ4n) is 3.26. The molecular formula is C19H22N2O4S2. The Bertz CT molecular complexity index is 991. The quantitative estimate of drug-likeness (QED) is 0.796. The van der Waals surface area contributed by atoms with E-state index in [4.69, 9.17) is 5.73 Å². The highest BCUT2D eigenvalue weighted by Crippen LogP contribution is 2.39. The second-order valence-corrected chi connectivity index (χ2v) is 10.1. The van der Waals surface area contributed by atoms with Crippen LogP contribution < -0.4 is 11.1 Å². The van der Waals surface area contributed by atoms with Gasteiger partial charge in [0.2, 0.25) is 5.91 Å². The van der Waals surface area contributed by atoms with E-state index in [9.17, 15) is 18.0 Å². The molecule has 0 unspecified atom stereocenters. The lowest BCUT2D eigenvalue weighted by atomic mass is 9.88. The Balaban J connectivity index is 1.82. The number of anilines is 1. The van der Waals surface area contributed by atoms with Crippen molar-refractivity contribution < 1.29 is 18.0 Å². The van der Waals surface area contributed by atoms with Gasteiger partial charge in [0, 0.05) is 4.88 Å². The molecule has 0 saturated heterocycles. The summed E-state index contributed by atoms with van der Waals surface area (Å²) >= 11 is 1.32. The Labute approximate surface area is 162 Å². The number of primary amides is 1. The number of rotatable bonds is 5. The molecule has 1 atom stereocenters. The molecule has 0 aliphatic heterocycles. The molecule has 0 bridgehead atoms. The highest BCUT2D eigenvalue weighted by atomic mass is 32.2. The van der Waals surface area contributed by atoms with Crippen molar-refractivity contribution in [2.24, 2.45) is 11.7 Å². The smallest absolute Gasteiger partial charge is 0.251 e. The van der Waals surface area contributed by atoms with Crippen LogP contribution in [0.2, 0.25) is 0 Å². The van der Waals surface area contributed by atoms with Crippen molar-refractivity contribution in [2.75, 3.05) is 11.1 Å². The van der Waals surface area contributed by atoms with Crippen molar-refractivity contribution in [3.05, 3.63) is 45.8 Å². The number of carbonyl (C=O) groups excluding carboxylic acids is 2. The molecule has 3 N–H and O–H groups in total. The molecule has 1 aliphatic carbocycles. The summed E-state index contributed by atoms with van der Waals surface area (Å²) in [5, 5.41) is 2.95. The molecular weight excluding hydrogens is 384 g/mol. The highest BCUT2D eigenvalue weighted by molar-refractivity contribution is 7.92. The first-order valence-electron chi connectivity index (χ1n) is 8.71. The van der Waals surface area contributed by atoms with Gasteiger partial charge in [0.25, 0.3) is 5.91 Å². The number of nitrogens with two attached hydrogens (primary N) is 1. The summed E-state index contributed by atoms with van der Waals surface area (Å²) in [6, 6.07) is 6.34. The zero-order valence-corrected chi connectivity index (χ0v) is 16.9. The van der Waals surface area contributed by atoms with Crippen LogP contribution in [0.5, 0.6) is 0 Å². The molecule has 2 aromatic rings. The van der Waals surface area contributed by atoms with Gasteiger partial charge in [-0.15, -0.1) is 11.3 Å². The van der Waals surface area contributed by atoms with Gasteiger partial charge < -0.3 is 11.1 Å². The van der Waals surface area contributed by atoms with E-state index >= 15 is 0 Å². The van der Waals surface area contributed by atoms with Gasteiger partial charge in [-0.3, -0.25) is 9.59 Å². The van der Waals surface area contributed by atoms with Crippen LogP contribution in [0.1, 0.15) is 39.7 Å². The monoisotopic (exact) mass is 406 g/mol. The average molecular weight is 407 g/mol. The van der Waals surface area contributed by atoms with E-state index in [0.29, 0.717) is 16.5 Å². The fourth-order valence-corrected chi connectivity index (χ4v) is 5.83. The minimum atomic E-state index is -3.76. The number of nitrogens with one attached hydrogen (secondary N) is 1. The van der Waals surface area contributed by atoms with Gasteiger partial charge in [-0.05, 0) is 49.8 Å². The summed E-state index contributed by atoms with van der Waals surface area (Å²) in [7, 11) is -3.76. The molecule has 3 rings (SSSR count). The van der Waals surface area contributed by atoms with Gasteiger partial charge in [-0.25, -0.2) is 8.42 Å². The number of hydrogen-bond acceptors (Lipinski definition) is 5. The number of carbonyl (C=O) groups is 2. The number of sulfone groups is 1. The van der Waals surface area contributed by atoms with E-state index < -0.39 is 27.4 Å². The first-order valence-corrected chi connectivity index (χ1v) is 11.2. The third-order valence-electron chi connectivity index (χ3n) is 4.71. The van der Waals surface area contributed by atoms with Gasteiger partial charge in [-0.1, -0.05) is 24.6 Å². The van der Waals surface area contributed by atoms with Crippen LogP contribution in [0, 0.1) is 12.8 Å². The molecule has 1 aliphatic rings. The van der Waals surface area contributed by atoms with Crippen LogP contribution in [-0.4, -0.2) is 26.0 Å². The van der Waals surface area contributed by atoms with Crippen molar-refractivity contribution in [3.8, 4) is 0 Å². The number of benzene rings is 1. The Morgan fingerprint density at radius 1 is 1.26 bits per heavy atom. The summed E-state index contributed by atoms with van der Waals surface area (Å²) in [4.78, 5) is 25.4. The predicted octanol–water partition coefficient (Wildman–Crippen LogP) is 2.69. The number of aryl methyl sites for hydroxylation is 1. The number of hydrogen-bond donors (Lipinski definition) is 2. The van der Waals surface area contributed by atoms with Gasteiger partial charge in [0.1, 0.15) is 10.8 Å². The Morgan fingerprint density at radius 3 is 2.56 bits per heavy atom. The lowest BCUT2D eigenvalue weighted by molar-refractivity contribution is -0.113. The fraction of sp³-hybridized carbons (Fsp3) is 0.368. The van der Waals surface area contributed by atoms with Crippen molar-refractivity contribution in [3.63, 3.8) is 0 Å². The Morgan fingerprint density at radius 2 is 1.93 bits per heavy atom. The van der Waals surface area contributed by atoms with Crippen LogP contribution in [-0.2, 0) is 27.5 Å². The minimum Gasteiger partial charge on any atom is -0.365 e. The van der Waals surface area contributed by atoms with Crippen molar-refractivity contribution in [1.29, 1.82) is 0 Å². The molecule has 0 spiro atoms. The second kappa shape index (κ2) is 7.44. The standard InChI is InChI=1S/C19H22N2O4S2/c1-11-3-6-13(7-4-11)27(24,25)10-16(22)21-19-17(18(20)23)14-8-5-12(2)9-15(14)26-19/h3-4,6-7,12H,5,8-10H2,1-2H3,(H2,20,23)(H,21,22)/t12-/m0/s1. The van der Waals surface area contributed by atoms with Gasteiger partial charge >= 0.3 is 0 Å². The average Bonchev–Trinajstić information content (AvgIpc) is 2.91. The van der Waals surface area contributed by atoms with Crippen LogP contribution in [0.15, 0.2) is 29.2 Å². The van der Waals surface area contributed by atoms with Crippen molar-refractivity contribution in [2.45, 2.75) is 38.0 Å². The van der Waals surface area contributed by atoms with Crippen LogP contribution in [0.4, 0.5) is 5.00 Å². The number of thiophene rings is 1. The molecule has 144 valence electrons. The zero-order chi connectivity index (χ0) is 19.8. The lowest BCUT2D eigenvalue weighted by Gasteiger charge is -2.18. The van der Waals surface area contributed by atoms with E-state index in [1.807, 2.05) is 6.92 Å². The van der Waals surface area contributed by atoms with Crippen molar-refractivity contribution in [1.82, 2.24) is 0 Å². The zero-order valence-electron chi connectivity index (χ0n) is 15.2. The molecule has 0 fully saturated rings. The summed E-state index contributed by atoms with van der Waals surface area (Å²) in [5.74, 6) is -1.46. The molecule has 6 nitrogen and oxygen atoms in total. The molecule has 0 radical (unpaired) electrons. The Hall–Kier alpha value is -2.19. The predicted molar refractivity (Wildman–Crippen MR) is 106 cm³/mol. The topological polar surface area (TPSA) is 106 Å². The molecule has 1 heterocycles. The maximum absolute atomic E-state index is 12.5. The van der Waals surface area contributed by atoms with E-state index in [1.54, 1.807) is 12.1 Å². The SMILES string of the molecule is Cc1ccc(S(=O)(=O)CC(=O)Nc2sc3c(c2C(N)=O)CC[C@H](C)C3)cc1. The first-order chi connectivity index (χ1) is 12.7. The maximum Gasteiger partial charge on any atom is 0.251 e. The van der Waals surface area contributed by atoms with E-state index in [1.165, 1.54) is 23.5 Å². The first kappa shape index (κ1) is 19.6. The van der Waals surface area contributed by atoms with Crippen LogP contribution >= 0.6 is 11.3 Å². The molecule has 8 heteroatoms. The van der Waals surface area contributed by atoms with E-state index in [2.05, 4.69) is 12.2 Å². The highest BCUT2D eigenvalue weighted by Gasteiger charge is 2.28. The third kappa shape index (κ3) is 4.22. The summed E-state index contributed by atoms with van der Waals surface area (Å²) in [6.45, 7) is 3.99. The second-order valence-electron chi connectivity index (χ2n) is 7.04. The van der Waals surface area contributed by atoms with Gasteiger partial charge in [0.15, 0.2) is 9.84 Å². The Kier molecular flexibility index (Phi) is 5.39. The van der Waals surface area contributed by atoms with Crippen LogP contribution in [0.25, 0.3) is 0 Å². The van der Waals surface area contributed by atoms with E-state index in [0.717, 1.165) is 35.3 Å². The molecule has 1 aromatic heterocycles. The lowest BCUT2D eigenvalue weighted by Crippen LogP contribution is -2.24. The largest absolute Gasteiger partial charge is 0.365 e. The summed E-state index contributed by atoms with van der Waals surface area (Å²) in [6.07, 6.45) is 2.53. The maximum atomic E-state index is 12.5. The normalized spacial score (nSPS) is 16.6. The molecule has 2 amide bonds. The minimum absolute atomic E-state index is 0.0951. The number of amides is 2. The summed E-state index contributed by atoms with van der Waals surface area (Å²) < 4.78 is 24.9. The molecule has 27 heavy (non-hydrogen) atoms. The van der Waals surface area contributed by atoms with Gasteiger partial charge in [0.05, 0.1) is 10.5 Å². The summed E-state index contributed by atoms with van der Waals surface area (Å²) in [5.41, 5.74) is 7.67. The molecule has 1 aromatic carbocycles. The van der Waals surface area contributed by atoms with Crippen molar-refractivity contribution >= 4 is 38.0 Å². The molecule has 0 saturated carbocycles.